The van der Waals surface area contributed by atoms with Gasteiger partial charge in [-0.2, -0.15) is 0 Å². The molecule has 0 bridgehead atoms. The predicted octanol–water partition coefficient (Wildman–Crippen LogP) is 6.79. The second kappa shape index (κ2) is 6.88. The molecule has 0 aliphatic heterocycles. The fraction of sp³-hybridized carbons (Fsp3) is 1.00. The minimum Gasteiger partial charge on any atom is -0.0716 e. The van der Waals surface area contributed by atoms with Gasteiger partial charge in [0, 0.05) is 0 Å². The highest BCUT2D eigenvalue weighted by molar-refractivity contribution is 6.14. The molecule has 0 spiro atoms. The quantitative estimate of drug-likeness (QED) is 0.429. The largest absolute Gasteiger partial charge is 0.0738 e. The Morgan fingerprint density at radius 3 is 1.50 bits per heavy atom. The highest BCUT2D eigenvalue weighted by Gasteiger charge is 2.30. The van der Waals surface area contributed by atoms with Gasteiger partial charge in [-0.3, -0.25) is 0 Å². The van der Waals surface area contributed by atoms with Crippen molar-refractivity contribution in [2.75, 3.05) is 0 Å². The molecule has 118 valence electrons. The van der Waals surface area contributed by atoms with E-state index in [2.05, 4.69) is 62.3 Å². The molecule has 0 aromatic heterocycles. The van der Waals surface area contributed by atoms with Gasteiger partial charge in [0.05, 0.1) is 7.85 Å². The first-order valence-electron chi connectivity index (χ1n) is 8.47. The lowest BCUT2D eigenvalue weighted by molar-refractivity contribution is 0.149. The first-order chi connectivity index (χ1) is 8.68. The second-order valence-corrected chi connectivity index (χ2v) is 10.1. The van der Waals surface area contributed by atoms with Gasteiger partial charge in [0.1, 0.15) is 0 Å². The zero-order valence-electron chi connectivity index (χ0n) is 15.8. The highest BCUT2D eigenvalue weighted by atomic mass is 14.4. The van der Waals surface area contributed by atoms with Gasteiger partial charge in [0.2, 0.25) is 0 Å². The molecular formula is C19H39B. The summed E-state index contributed by atoms with van der Waals surface area (Å²) in [4.78, 5) is 0. The van der Waals surface area contributed by atoms with Gasteiger partial charge in [-0.25, -0.2) is 0 Å². The lowest BCUT2D eigenvalue weighted by Crippen LogP contribution is -2.25. The molecule has 1 atom stereocenters. The van der Waals surface area contributed by atoms with Crippen molar-refractivity contribution in [3.8, 4) is 0 Å². The fourth-order valence-electron chi connectivity index (χ4n) is 3.27. The third-order valence-electron chi connectivity index (χ3n) is 4.64. The second-order valence-electron chi connectivity index (χ2n) is 10.1. The smallest absolute Gasteiger partial charge is 0.0716 e. The van der Waals surface area contributed by atoms with Crippen molar-refractivity contribution in [2.45, 2.75) is 106 Å². The fourth-order valence-corrected chi connectivity index (χ4v) is 3.27. The summed E-state index contributed by atoms with van der Waals surface area (Å²) >= 11 is 0. The zero-order chi connectivity index (χ0) is 16.2. The first kappa shape index (κ1) is 20.1. The van der Waals surface area contributed by atoms with Gasteiger partial charge in [0.25, 0.3) is 0 Å². The van der Waals surface area contributed by atoms with Crippen molar-refractivity contribution in [3.63, 3.8) is 0 Å². The van der Waals surface area contributed by atoms with Gasteiger partial charge in [-0.05, 0) is 41.9 Å². The topological polar surface area (TPSA) is 0 Å². The van der Waals surface area contributed by atoms with E-state index < -0.39 is 0 Å². The van der Waals surface area contributed by atoms with E-state index in [9.17, 15) is 0 Å². The minimum atomic E-state index is -0.0304. The molecule has 0 aliphatic carbocycles. The van der Waals surface area contributed by atoms with Crippen LogP contribution in [0.1, 0.15) is 101 Å². The van der Waals surface area contributed by atoms with Crippen LogP contribution in [0.3, 0.4) is 0 Å². The minimum absolute atomic E-state index is 0.0304. The maximum absolute atomic E-state index is 6.16. The van der Waals surface area contributed by atoms with Crippen LogP contribution in [0, 0.1) is 16.2 Å². The van der Waals surface area contributed by atoms with Crippen molar-refractivity contribution < 1.29 is 0 Å². The van der Waals surface area contributed by atoms with Crippen LogP contribution in [0.4, 0.5) is 0 Å². The van der Waals surface area contributed by atoms with Crippen LogP contribution in [0.2, 0.25) is 5.31 Å². The number of hydrogen-bond donors (Lipinski definition) is 0. The van der Waals surface area contributed by atoms with Crippen LogP contribution >= 0.6 is 0 Å². The first-order valence-corrected chi connectivity index (χ1v) is 8.47. The Morgan fingerprint density at radius 2 is 1.15 bits per heavy atom. The van der Waals surface area contributed by atoms with Crippen LogP contribution in [0.15, 0.2) is 0 Å². The van der Waals surface area contributed by atoms with Crippen LogP contribution in [0.5, 0.6) is 0 Å². The Hall–Kier alpha value is 0.0649. The summed E-state index contributed by atoms with van der Waals surface area (Å²) < 4.78 is 0. The average molecular weight is 278 g/mol. The summed E-state index contributed by atoms with van der Waals surface area (Å²) in [5.41, 5.74) is 1.31. The predicted molar refractivity (Wildman–Crippen MR) is 94.5 cm³/mol. The maximum atomic E-state index is 6.16. The standard InChI is InChI=1S/C19H39B/c1-10-19(9,14-12-18(7,8)20)13-11-17(5,6)15-16(2,3)4/h10-15H2,1-9H3. The van der Waals surface area contributed by atoms with Gasteiger partial charge < -0.3 is 0 Å². The molecular weight excluding hydrogens is 239 g/mol. The Morgan fingerprint density at radius 1 is 0.700 bits per heavy atom. The van der Waals surface area contributed by atoms with Gasteiger partial charge in [0.15, 0.2) is 0 Å². The van der Waals surface area contributed by atoms with E-state index in [1.807, 2.05) is 0 Å². The molecule has 0 fully saturated rings. The summed E-state index contributed by atoms with van der Waals surface area (Å²) in [5.74, 6) is 0. The maximum Gasteiger partial charge on any atom is 0.0738 e. The van der Waals surface area contributed by atoms with Gasteiger partial charge >= 0.3 is 0 Å². The lowest BCUT2D eigenvalue weighted by atomic mass is 9.64. The lowest BCUT2D eigenvalue weighted by Gasteiger charge is -2.37. The summed E-state index contributed by atoms with van der Waals surface area (Å²) in [6.45, 7) is 21.0. The molecule has 0 heterocycles. The van der Waals surface area contributed by atoms with E-state index in [-0.39, 0.29) is 5.31 Å². The molecule has 0 rings (SSSR count). The number of hydrogen-bond acceptors (Lipinski definition) is 0. The Bertz CT molecular complexity index is 277. The highest BCUT2D eigenvalue weighted by Crippen LogP contribution is 2.43. The van der Waals surface area contributed by atoms with E-state index in [1.54, 1.807) is 0 Å². The van der Waals surface area contributed by atoms with Crippen LogP contribution in [0.25, 0.3) is 0 Å². The molecule has 0 aromatic rings. The molecule has 0 amide bonds. The van der Waals surface area contributed by atoms with Crippen LogP contribution in [-0.4, -0.2) is 7.85 Å². The molecule has 1 unspecified atom stereocenters. The summed E-state index contributed by atoms with van der Waals surface area (Å²) in [6, 6.07) is 0. The molecule has 0 saturated carbocycles. The van der Waals surface area contributed by atoms with Crippen LogP contribution < -0.4 is 0 Å². The molecule has 1 heteroatoms. The van der Waals surface area contributed by atoms with Crippen molar-refractivity contribution in [1.29, 1.82) is 0 Å². The van der Waals surface area contributed by atoms with Gasteiger partial charge in [-0.1, -0.05) is 80.5 Å². The molecule has 2 radical (unpaired) electrons. The van der Waals surface area contributed by atoms with E-state index in [0.29, 0.717) is 16.2 Å². The molecule has 0 aromatic carbocycles. The molecule has 0 saturated heterocycles. The third kappa shape index (κ3) is 9.89. The summed E-state index contributed by atoms with van der Waals surface area (Å²) in [5, 5.41) is -0.0304. The summed E-state index contributed by atoms with van der Waals surface area (Å²) in [7, 11) is 6.16. The zero-order valence-corrected chi connectivity index (χ0v) is 15.8. The van der Waals surface area contributed by atoms with E-state index in [4.69, 9.17) is 7.85 Å². The molecule has 0 nitrogen and oxygen atoms in total. The number of rotatable bonds is 8. The SMILES string of the molecule is [B]C(C)(C)CCC(C)(CC)CCC(C)(C)CC(C)(C)C. The molecule has 0 N–H and O–H groups in total. The normalized spacial score (nSPS) is 17.1. The average Bonchev–Trinajstić information content (AvgIpc) is 2.20. The molecule has 0 aliphatic rings. The van der Waals surface area contributed by atoms with Crippen LogP contribution in [-0.2, 0) is 0 Å². The Labute approximate surface area is 130 Å². The monoisotopic (exact) mass is 278 g/mol. The van der Waals surface area contributed by atoms with E-state index >= 15 is 0 Å². The molecule has 20 heavy (non-hydrogen) atoms. The van der Waals surface area contributed by atoms with Crippen molar-refractivity contribution in [3.05, 3.63) is 0 Å². The summed E-state index contributed by atoms with van der Waals surface area (Å²) in [6.07, 6.45) is 7.56. The van der Waals surface area contributed by atoms with E-state index in [0.717, 1.165) is 6.42 Å². The Balaban J connectivity index is 4.49. The third-order valence-corrected chi connectivity index (χ3v) is 4.64. The van der Waals surface area contributed by atoms with Crippen molar-refractivity contribution in [1.82, 2.24) is 0 Å². The van der Waals surface area contributed by atoms with Crippen molar-refractivity contribution in [2.24, 2.45) is 16.2 Å². The van der Waals surface area contributed by atoms with E-state index in [1.165, 1.54) is 32.1 Å². The van der Waals surface area contributed by atoms with Crippen molar-refractivity contribution >= 4 is 7.85 Å². The Kier molecular flexibility index (Phi) is 6.91. The van der Waals surface area contributed by atoms with Gasteiger partial charge in [-0.15, -0.1) is 0 Å².